The fourth-order valence-electron chi connectivity index (χ4n) is 3.85. The molecule has 9 heteroatoms. The number of nitrogens with zero attached hydrogens (tertiary/aromatic N) is 1. The van der Waals surface area contributed by atoms with Crippen molar-refractivity contribution >= 4 is 46.6 Å². The number of para-hydroxylation sites is 1. The molecule has 0 saturated heterocycles. The first kappa shape index (κ1) is 25.2. The molecular formula is C27H23ClN4O3S. The number of nitrogens with one attached hydrogen (secondary N) is 3. The van der Waals surface area contributed by atoms with Crippen molar-refractivity contribution in [2.24, 2.45) is 0 Å². The van der Waals surface area contributed by atoms with E-state index in [0.29, 0.717) is 44.0 Å². The molecule has 0 aliphatic carbocycles. The molecular weight excluding hydrogens is 496 g/mol. The van der Waals surface area contributed by atoms with Crippen LogP contribution in [0.4, 0.5) is 11.4 Å². The number of anilines is 2. The van der Waals surface area contributed by atoms with Gasteiger partial charge in [0, 0.05) is 22.1 Å². The van der Waals surface area contributed by atoms with Crippen molar-refractivity contribution in [1.29, 1.82) is 5.26 Å². The number of rotatable bonds is 7. The van der Waals surface area contributed by atoms with E-state index in [-0.39, 0.29) is 17.6 Å². The van der Waals surface area contributed by atoms with Crippen molar-refractivity contribution in [1.82, 2.24) is 5.32 Å². The molecule has 0 spiro atoms. The maximum Gasteiger partial charge on any atom is 0.254 e. The predicted octanol–water partition coefficient (Wildman–Crippen LogP) is 5.95. The second-order valence-electron chi connectivity index (χ2n) is 8.04. The number of thioether (sulfide) groups is 1. The number of nitriles is 1. The van der Waals surface area contributed by atoms with Gasteiger partial charge in [-0.25, -0.2) is 0 Å². The number of dihydropyridines is 1. The number of hydrogen-bond acceptors (Lipinski definition) is 6. The van der Waals surface area contributed by atoms with E-state index in [0.717, 1.165) is 5.56 Å². The SMILES string of the molecule is CC1=C(C(=O)Nc2ccccc2)[C@@H](c2ccco2)C(C#N)=C(SCC(=O)Nc2cccc(Cl)c2C)N1. The fourth-order valence-corrected chi connectivity index (χ4v) is 4.92. The number of carbonyl (C=O) groups is 2. The molecule has 0 saturated carbocycles. The molecule has 1 aliphatic rings. The monoisotopic (exact) mass is 518 g/mol. The molecule has 1 atom stereocenters. The Morgan fingerprint density at radius 3 is 2.56 bits per heavy atom. The minimum absolute atomic E-state index is 0.0448. The van der Waals surface area contributed by atoms with Gasteiger partial charge in [-0.1, -0.05) is 47.6 Å². The zero-order valence-electron chi connectivity index (χ0n) is 19.6. The van der Waals surface area contributed by atoms with Crippen LogP contribution in [-0.4, -0.2) is 17.6 Å². The van der Waals surface area contributed by atoms with Crippen LogP contribution in [-0.2, 0) is 9.59 Å². The third-order valence-corrected chi connectivity index (χ3v) is 7.07. The Kier molecular flexibility index (Phi) is 7.84. The van der Waals surface area contributed by atoms with Crippen molar-refractivity contribution in [2.75, 3.05) is 16.4 Å². The molecule has 3 aromatic rings. The summed E-state index contributed by atoms with van der Waals surface area (Å²) in [6.07, 6.45) is 1.50. The summed E-state index contributed by atoms with van der Waals surface area (Å²) in [5, 5.41) is 20.1. The predicted molar refractivity (Wildman–Crippen MR) is 142 cm³/mol. The highest BCUT2D eigenvalue weighted by Gasteiger charge is 2.36. The van der Waals surface area contributed by atoms with Gasteiger partial charge in [-0.15, -0.1) is 0 Å². The molecule has 2 amide bonds. The quantitative estimate of drug-likeness (QED) is 0.357. The summed E-state index contributed by atoms with van der Waals surface area (Å²) in [5.74, 6) is -0.818. The lowest BCUT2D eigenvalue weighted by Gasteiger charge is -2.28. The highest BCUT2D eigenvalue weighted by atomic mass is 35.5. The largest absolute Gasteiger partial charge is 0.468 e. The molecule has 1 aromatic heterocycles. The maximum absolute atomic E-state index is 13.3. The average molecular weight is 519 g/mol. The fraction of sp³-hybridized carbons (Fsp3) is 0.148. The van der Waals surface area contributed by atoms with E-state index in [1.54, 1.807) is 49.4 Å². The Balaban J connectivity index is 1.58. The van der Waals surface area contributed by atoms with Crippen LogP contribution < -0.4 is 16.0 Å². The lowest BCUT2D eigenvalue weighted by molar-refractivity contribution is -0.114. The highest BCUT2D eigenvalue weighted by molar-refractivity contribution is 8.03. The van der Waals surface area contributed by atoms with Crippen molar-refractivity contribution in [3.05, 3.63) is 105 Å². The van der Waals surface area contributed by atoms with Crippen LogP contribution in [0, 0.1) is 18.3 Å². The first-order valence-corrected chi connectivity index (χ1v) is 12.4. The highest BCUT2D eigenvalue weighted by Crippen LogP contribution is 2.41. The molecule has 1 aliphatic heterocycles. The molecule has 2 heterocycles. The van der Waals surface area contributed by atoms with Crippen molar-refractivity contribution < 1.29 is 14.0 Å². The lowest BCUT2D eigenvalue weighted by Crippen LogP contribution is -2.31. The summed E-state index contributed by atoms with van der Waals surface area (Å²) < 4.78 is 5.63. The van der Waals surface area contributed by atoms with Crippen LogP contribution in [0.15, 0.2) is 93.2 Å². The molecule has 3 N–H and O–H groups in total. The Morgan fingerprint density at radius 2 is 1.86 bits per heavy atom. The van der Waals surface area contributed by atoms with Crippen LogP contribution in [0.25, 0.3) is 0 Å². The third-order valence-electron chi connectivity index (χ3n) is 5.64. The van der Waals surface area contributed by atoms with Gasteiger partial charge in [0.05, 0.1) is 40.2 Å². The van der Waals surface area contributed by atoms with E-state index in [1.807, 2.05) is 25.1 Å². The topological polar surface area (TPSA) is 107 Å². The van der Waals surface area contributed by atoms with E-state index >= 15 is 0 Å². The normalized spacial score (nSPS) is 15.2. The molecule has 0 radical (unpaired) electrons. The van der Waals surface area contributed by atoms with Gasteiger partial charge < -0.3 is 20.4 Å². The van der Waals surface area contributed by atoms with Gasteiger partial charge >= 0.3 is 0 Å². The van der Waals surface area contributed by atoms with Gasteiger partial charge in [-0.05, 0) is 55.8 Å². The maximum atomic E-state index is 13.3. The van der Waals surface area contributed by atoms with E-state index in [9.17, 15) is 14.9 Å². The lowest BCUT2D eigenvalue weighted by atomic mass is 9.85. The molecule has 2 aromatic carbocycles. The summed E-state index contributed by atoms with van der Waals surface area (Å²) in [7, 11) is 0. The summed E-state index contributed by atoms with van der Waals surface area (Å²) >= 11 is 7.33. The second kappa shape index (κ2) is 11.2. The van der Waals surface area contributed by atoms with Crippen LogP contribution in [0.3, 0.4) is 0 Å². The van der Waals surface area contributed by atoms with Gasteiger partial charge in [-0.2, -0.15) is 5.26 Å². The Bertz CT molecular complexity index is 1390. The van der Waals surface area contributed by atoms with Crippen LogP contribution in [0.5, 0.6) is 0 Å². The summed E-state index contributed by atoms with van der Waals surface area (Å²) in [4.78, 5) is 26.0. The zero-order valence-corrected chi connectivity index (χ0v) is 21.2. The number of halogens is 1. The number of furan rings is 1. The molecule has 0 fully saturated rings. The molecule has 0 bridgehead atoms. The van der Waals surface area contributed by atoms with E-state index in [4.69, 9.17) is 16.0 Å². The summed E-state index contributed by atoms with van der Waals surface area (Å²) in [5.41, 5.74) is 3.27. The number of hydrogen-bond donors (Lipinski definition) is 3. The molecule has 182 valence electrons. The summed E-state index contributed by atoms with van der Waals surface area (Å²) in [6, 6.07) is 20.0. The van der Waals surface area contributed by atoms with Crippen LogP contribution in [0.1, 0.15) is 24.2 Å². The zero-order chi connectivity index (χ0) is 25.7. The van der Waals surface area contributed by atoms with Gasteiger partial charge in [-0.3, -0.25) is 9.59 Å². The van der Waals surface area contributed by atoms with Gasteiger partial charge in [0.25, 0.3) is 5.91 Å². The molecule has 4 rings (SSSR count). The van der Waals surface area contributed by atoms with E-state index < -0.39 is 5.92 Å². The van der Waals surface area contributed by atoms with Gasteiger partial charge in [0.2, 0.25) is 5.91 Å². The first-order chi connectivity index (χ1) is 17.4. The molecule has 0 unspecified atom stereocenters. The standard InChI is InChI=1S/C27H23ClN4O3S/c1-16-20(28)10-6-11-21(16)32-23(33)15-36-27-19(14-29)25(22-12-7-13-35-22)24(17(2)30-27)26(34)31-18-8-4-3-5-9-18/h3-13,25,30H,15H2,1-2H3,(H,31,34)(H,32,33)/t25-/m1/s1. The van der Waals surface area contributed by atoms with Crippen molar-refractivity contribution in [3.8, 4) is 6.07 Å². The smallest absolute Gasteiger partial charge is 0.254 e. The molecule has 7 nitrogen and oxygen atoms in total. The number of carbonyl (C=O) groups excluding carboxylic acids is 2. The Morgan fingerprint density at radius 1 is 1.08 bits per heavy atom. The van der Waals surface area contributed by atoms with Crippen LogP contribution >= 0.6 is 23.4 Å². The second-order valence-corrected chi connectivity index (χ2v) is 9.43. The van der Waals surface area contributed by atoms with Gasteiger partial charge in [0.1, 0.15) is 5.76 Å². The average Bonchev–Trinajstić information content (AvgIpc) is 3.40. The summed E-state index contributed by atoms with van der Waals surface area (Å²) in [6.45, 7) is 3.59. The first-order valence-electron chi connectivity index (χ1n) is 11.1. The Labute approximate surface area is 218 Å². The Hall–Kier alpha value is -3.93. The number of benzene rings is 2. The third kappa shape index (κ3) is 5.48. The van der Waals surface area contributed by atoms with E-state index in [2.05, 4.69) is 22.0 Å². The van der Waals surface area contributed by atoms with Gasteiger partial charge in [0.15, 0.2) is 0 Å². The van der Waals surface area contributed by atoms with Crippen LogP contribution in [0.2, 0.25) is 5.02 Å². The minimum atomic E-state index is -0.726. The number of amides is 2. The minimum Gasteiger partial charge on any atom is -0.468 e. The number of allylic oxidation sites excluding steroid dienone is 2. The van der Waals surface area contributed by atoms with Crippen molar-refractivity contribution in [2.45, 2.75) is 19.8 Å². The van der Waals surface area contributed by atoms with E-state index in [1.165, 1.54) is 18.0 Å². The molecule has 36 heavy (non-hydrogen) atoms. The van der Waals surface area contributed by atoms with Crippen molar-refractivity contribution in [3.63, 3.8) is 0 Å².